The van der Waals surface area contributed by atoms with E-state index in [9.17, 15) is 4.79 Å². The second-order valence-corrected chi connectivity index (χ2v) is 4.65. The second-order valence-electron chi connectivity index (χ2n) is 4.65. The Balaban J connectivity index is 2.14. The first kappa shape index (κ1) is 13.5. The van der Waals surface area contributed by atoms with Crippen LogP contribution in [0.15, 0.2) is 28.7 Å². The lowest BCUT2D eigenvalue weighted by Crippen LogP contribution is -2.35. The molecule has 0 unspecified atom stereocenters. The lowest BCUT2D eigenvalue weighted by molar-refractivity contribution is -0.142. The number of methoxy groups -OCH3 is 1. The molecule has 0 aliphatic rings. The van der Waals surface area contributed by atoms with E-state index in [0.717, 1.165) is 11.1 Å². The fourth-order valence-electron chi connectivity index (χ4n) is 1.81. The van der Waals surface area contributed by atoms with Gasteiger partial charge in [0.2, 0.25) is 5.89 Å². The van der Waals surface area contributed by atoms with Crippen LogP contribution in [0.5, 0.6) is 0 Å². The highest BCUT2D eigenvalue weighted by molar-refractivity contribution is 5.72. The molecule has 1 aromatic heterocycles. The van der Waals surface area contributed by atoms with Crippen molar-refractivity contribution in [2.24, 2.45) is 0 Å². The normalized spacial score (nSPS) is 11.4. The predicted molar refractivity (Wildman–Crippen MR) is 71.6 cm³/mol. The smallest absolute Gasteiger partial charge is 0.319 e. The Hall–Kier alpha value is -1.88. The highest BCUT2D eigenvalue weighted by Gasteiger charge is 2.17. The van der Waals surface area contributed by atoms with E-state index in [1.165, 1.54) is 7.11 Å². The number of fused-ring (bicyclic) bond motifs is 1. The van der Waals surface area contributed by atoms with Crippen LogP contribution in [-0.2, 0) is 16.1 Å². The minimum absolute atomic E-state index is 0.203. The van der Waals surface area contributed by atoms with Gasteiger partial charge in [-0.05, 0) is 26.0 Å². The number of carbonyl (C=O) groups excluding carboxylic acids is 1. The van der Waals surface area contributed by atoms with Gasteiger partial charge in [-0.2, -0.15) is 0 Å². The molecular weight excluding hydrogens is 244 g/mol. The third kappa shape index (κ3) is 3.32. The summed E-state index contributed by atoms with van der Waals surface area (Å²) in [7, 11) is 1.39. The summed E-state index contributed by atoms with van der Waals surface area (Å²) < 4.78 is 10.4. The number of hydrogen-bond acceptors (Lipinski definition) is 5. The van der Waals surface area contributed by atoms with Crippen molar-refractivity contribution in [3.8, 4) is 0 Å². The average Bonchev–Trinajstić information content (AvgIpc) is 2.79. The molecule has 0 bridgehead atoms. The van der Waals surface area contributed by atoms with Crippen LogP contribution >= 0.6 is 0 Å². The van der Waals surface area contributed by atoms with Gasteiger partial charge in [0.05, 0.1) is 20.2 Å². The molecule has 0 atom stereocenters. The summed E-state index contributed by atoms with van der Waals surface area (Å²) in [6.45, 7) is 4.76. The fourth-order valence-corrected chi connectivity index (χ4v) is 1.81. The molecule has 0 radical (unpaired) electrons. The van der Waals surface area contributed by atoms with Crippen LogP contribution in [0.3, 0.4) is 0 Å². The zero-order valence-corrected chi connectivity index (χ0v) is 11.4. The minimum Gasteiger partial charge on any atom is -0.468 e. The Bertz CT molecular complexity index is 530. The molecule has 102 valence electrons. The number of carbonyl (C=O) groups is 1. The number of esters is 1. The van der Waals surface area contributed by atoms with Crippen LogP contribution < -0.4 is 0 Å². The number of oxazole rings is 1. The Morgan fingerprint density at radius 2 is 2.16 bits per heavy atom. The molecule has 0 N–H and O–H groups in total. The lowest BCUT2D eigenvalue weighted by atomic mass is 10.3. The number of nitrogens with zero attached hydrogens (tertiary/aromatic N) is 2. The first-order chi connectivity index (χ1) is 9.10. The number of ether oxygens (including phenoxy) is 1. The van der Waals surface area contributed by atoms with E-state index in [4.69, 9.17) is 9.15 Å². The van der Waals surface area contributed by atoms with E-state index in [1.807, 2.05) is 43.0 Å². The average molecular weight is 262 g/mol. The van der Waals surface area contributed by atoms with Gasteiger partial charge in [0, 0.05) is 6.04 Å². The standard InChI is InChI=1S/C14H18N2O3/c1-10(2)16(9-14(17)18-3)8-13-15-11-6-4-5-7-12(11)19-13/h4-7,10H,8-9H2,1-3H3. The maximum absolute atomic E-state index is 11.4. The predicted octanol–water partition coefficient (Wildman–Crippen LogP) is 2.21. The number of rotatable bonds is 5. The number of benzene rings is 1. The van der Waals surface area contributed by atoms with Gasteiger partial charge in [-0.3, -0.25) is 9.69 Å². The van der Waals surface area contributed by atoms with E-state index in [-0.39, 0.29) is 18.6 Å². The van der Waals surface area contributed by atoms with Crippen LogP contribution in [0.25, 0.3) is 11.1 Å². The maximum atomic E-state index is 11.4. The van der Waals surface area contributed by atoms with Gasteiger partial charge in [0.1, 0.15) is 5.52 Å². The van der Waals surface area contributed by atoms with Crippen molar-refractivity contribution in [2.45, 2.75) is 26.4 Å². The van der Waals surface area contributed by atoms with Crippen molar-refractivity contribution in [1.29, 1.82) is 0 Å². The molecule has 0 fully saturated rings. The Morgan fingerprint density at radius 1 is 1.42 bits per heavy atom. The molecule has 0 spiro atoms. The molecule has 1 heterocycles. The quantitative estimate of drug-likeness (QED) is 0.773. The number of hydrogen-bond donors (Lipinski definition) is 0. The lowest BCUT2D eigenvalue weighted by Gasteiger charge is -2.23. The van der Waals surface area contributed by atoms with Crippen molar-refractivity contribution in [3.05, 3.63) is 30.2 Å². The van der Waals surface area contributed by atoms with E-state index in [0.29, 0.717) is 12.4 Å². The van der Waals surface area contributed by atoms with Crippen LogP contribution in [0.2, 0.25) is 0 Å². The van der Waals surface area contributed by atoms with Gasteiger partial charge >= 0.3 is 5.97 Å². The van der Waals surface area contributed by atoms with Crippen LogP contribution in [0, 0.1) is 0 Å². The number of para-hydroxylation sites is 2. The van der Waals surface area contributed by atoms with Crippen LogP contribution in [0.4, 0.5) is 0 Å². The Morgan fingerprint density at radius 3 is 2.79 bits per heavy atom. The molecule has 19 heavy (non-hydrogen) atoms. The van der Waals surface area contributed by atoms with Crippen molar-refractivity contribution in [2.75, 3.05) is 13.7 Å². The van der Waals surface area contributed by atoms with Crippen molar-refractivity contribution in [1.82, 2.24) is 9.88 Å². The van der Waals surface area contributed by atoms with Gasteiger partial charge in [0.15, 0.2) is 5.58 Å². The van der Waals surface area contributed by atoms with Gasteiger partial charge in [0.25, 0.3) is 0 Å². The zero-order valence-electron chi connectivity index (χ0n) is 11.4. The summed E-state index contributed by atoms with van der Waals surface area (Å²) in [6.07, 6.45) is 0. The van der Waals surface area contributed by atoms with Crippen molar-refractivity contribution in [3.63, 3.8) is 0 Å². The minimum atomic E-state index is -0.259. The molecule has 0 saturated carbocycles. The van der Waals surface area contributed by atoms with Gasteiger partial charge < -0.3 is 9.15 Å². The highest BCUT2D eigenvalue weighted by Crippen LogP contribution is 2.16. The van der Waals surface area contributed by atoms with Crippen LogP contribution in [0.1, 0.15) is 19.7 Å². The third-order valence-corrected chi connectivity index (χ3v) is 2.97. The molecule has 0 saturated heterocycles. The summed E-state index contributed by atoms with van der Waals surface area (Å²) >= 11 is 0. The fraction of sp³-hybridized carbons (Fsp3) is 0.429. The molecule has 0 aliphatic carbocycles. The summed E-state index contributed by atoms with van der Waals surface area (Å²) in [5.74, 6) is 0.351. The molecule has 2 rings (SSSR count). The van der Waals surface area contributed by atoms with E-state index < -0.39 is 0 Å². The highest BCUT2D eigenvalue weighted by atomic mass is 16.5. The van der Waals surface area contributed by atoms with E-state index in [2.05, 4.69) is 4.98 Å². The van der Waals surface area contributed by atoms with Crippen molar-refractivity contribution >= 4 is 17.1 Å². The molecule has 2 aromatic rings. The second kappa shape index (κ2) is 5.84. The maximum Gasteiger partial charge on any atom is 0.319 e. The van der Waals surface area contributed by atoms with Gasteiger partial charge in [-0.1, -0.05) is 12.1 Å². The monoisotopic (exact) mass is 262 g/mol. The zero-order chi connectivity index (χ0) is 13.8. The van der Waals surface area contributed by atoms with E-state index in [1.54, 1.807) is 0 Å². The summed E-state index contributed by atoms with van der Waals surface area (Å²) in [4.78, 5) is 17.7. The van der Waals surface area contributed by atoms with Gasteiger partial charge in [-0.15, -0.1) is 0 Å². The van der Waals surface area contributed by atoms with E-state index >= 15 is 0 Å². The molecule has 0 amide bonds. The molecule has 0 aliphatic heterocycles. The first-order valence-corrected chi connectivity index (χ1v) is 6.25. The Kier molecular flexibility index (Phi) is 4.16. The summed E-state index contributed by atoms with van der Waals surface area (Å²) in [5, 5.41) is 0. The topological polar surface area (TPSA) is 55.6 Å². The molecule has 1 aromatic carbocycles. The largest absolute Gasteiger partial charge is 0.468 e. The van der Waals surface area contributed by atoms with Crippen LogP contribution in [-0.4, -0.2) is 35.5 Å². The van der Waals surface area contributed by atoms with Gasteiger partial charge in [-0.25, -0.2) is 4.98 Å². The summed E-state index contributed by atoms with van der Waals surface area (Å²) in [6, 6.07) is 7.82. The third-order valence-electron chi connectivity index (χ3n) is 2.97. The molecular formula is C14H18N2O3. The molecule has 5 nitrogen and oxygen atoms in total. The van der Waals surface area contributed by atoms with Crippen molar-refractivity contribution < 1.29 is 13.9 Å². The first-order valence-electron chi connectivity index (χ1n) is 6.25. The SMILES string of the molecule is COC(=O)CN(Cc1nc2ccccc2o1)C(C)C. The number of aromatic nitrogens is 1. The summed E-state index contributed by atoms with van der Waals surface area (Å²) in [5.41, 5.74) is 1.60. The molecule has 5 heteroatoms. The Labute approximate surface area is 112 Å².